The maximum atomic E-state index is 14.1. The fourth-order valence-electron chi connectivity index (χ4n) is 1.82. The first-order valence-electron chi connectivity index (χ1n) is 5.93. The number of rotatable bonds is 3. The predicted molar refractivity (Wildman–Crippen MR) is 82.3 cm³/mol. The van der Waals surface area contributed by atoms with Crippen molar-refractivity contribution in [2.75, 3.05) is 5.32 Å². The Hall–Kier alpha value is -1.57. The summed E-state index contributed by atoms with van der Waals surface area (Å²) in [5, 5.41) is 12.6. The highest BCUT2D eigenvalue weighted by molar-refractivity contribution is 9.10. The highest BCUT2D eigenvalue weighted by atomic mass is 79.9. The van der Waals surface area contributed by atoms with E-state index >= 15 is 0 Å². The summed E-state index contributed by atoms with van der Waals surface area (Å²) in [6, 6.07) is 12.3. The Morgan fingerprint density at radius 2 is 1.90 bits per heavy atom. The molecule has 0 saturated carbocycles. The van der Waals surface area contributed by atoms with Crippen LogP contribution in [0.25, 0.3) is 0 Å². The maximum Gasteiger partial charge on any atom is 0.161 e. The van der Waals surface area contributed by atoms with E-state index < -0.39 is 5.82 Å². The molecular formula is C15H11BrClFN2. The first-order chi connectivity index (χ1) is 9.52. The van der Waals surface area contributed by atoms with Crippen LogP contribution in [-0.2, 0) is 0 Å². The van der Waals surface area contributed by atoms with Crippen LogP contribution in [0.15, 0.2) is 40.9 Å². The van der Waals surface area contributed by atoms with Gasteiger partial charge in [0.25, 0.3) is 0 Å². The molecule has 0 saturated heterocycles. The van der Waals surface area contributed by atoms with Crippen molar-refractivity contribution in [2.24, 2.45) is 0 Å². The number of halogens is 3. The first kappa shape index (κ1) is 14.8. The number of nitrogens with one attached hydrogen (secondary N) is 1. The van der Waals surface area contributed by atoms with E-state index in [2.05, 4.69) is 21.2 Å². The van der Waals surface area contributed by atoms with Gasteiger partial charge in [0.1, 0.15) is 6.07 Å². The lowest BCUT2D eigenvalue weighted by Gasteiger charge is -2.17. The van der Waals surface area contributed by atoms with Crippen molar-refractivity contribution in [1.82, 2.24) is 0 Å². The predicted octanol–water partition coefficient (Wildman–Crippen LogP) is 5.29. The van der Waals surface area contributed by atoms with Gasteiger partial charge >= 0.3 is 0 Å². The van der Waals surface area contributed by atoms with Crippen molar-refractivity contribution in [3.63, 3.8) is 0 Å². The molecule has 0 heterocycles. The topological polar surface area (TPSA) is 35.8 Å². The molecule has 2 rings (SSSR count). The van der Waals surface area contributed by atoms with Crippen LogP contribution >= 0.6 is 27.5 Å². The molecule has 5 heteroatoms. The molecule has 0 fully saturated rings. The third-order valence-electron chi connectivity index (χ3n) is 2.94. The number of benzene rings is 2. The average molecular weight is 354 g/mol. The Morgan fingerprint density at radius 3 is 2.50 bits per heavy atom. The summed E-state index contributed by atoms with van der Waals surface area (Å²) in [7, 11) is 0. The van der Waals surface area contributed by atoms with Crippen LogP contribution in [0, 0.1) is 17.1 Å². The van der Waals surface area contributed by atoms with Crippen LogP contribution in [-0.4, -0.2) is 0 Å². The smallest absolute Gasteiger partial charge is 0.161 e. The maximum absolute atomic E-state index is 14.1. The van der Waals surface area contributed by atoms with Gasteiger partial charge in [0.15, 0.2) is 5.82 Å². The van der Waals surface area contributed by atoms with Gasteiger partial charge in [-0.3, -0.25) is 0 Å². The zero-order chi connectivity index (χ0) is 14.7. The lowest BCUT2D eigenvalue weighted by Crippen LogP contribution is -2.08. The third-order valence-corrected chi connectivity index (χ3v) is 3.97. The van der Waals surface area contributed by atoms with E-state index in [1.165, 1.54) is 0 Å². The normalized spacial score (nSPS) is 11.8. The van der Waals surface area contributed by atoms with Crippen molar-refractivity contribution >= 4 is 33.2 Å². The second-order valence-corrected chi connectivity index (χ2v) is 5.55. The summed E-state index contributed by atoms with van der Waals surface area (Å²) in [5.74, 6) is -0.468. The highest BCUT2D eigenvalue weighted by Gasteiger charge is 2.13. The first-order valence-corrected chi connectivity index (χ1v) is 7.10. The van der Waals surface area contributed by atoms with Gasteiger partial charge in [-0.1, -0.05) is 23.7 Å². The summed E-state index contributed by atoms with van der Waals surface area (Å²) in [6.45, 7) is 1.93. The summed E-state index contributed by atoms with van der Waals surface area (Å²) in [5.41, 5.74) is 1.61. The molecule has 0 bridgehead atoms. The van der Waals surface area contributed by atoms with Crippen LogP contribution < -0.4 is 5.32 Å². The summed E-state index contributed by atoms with van der Waals surface area (Å²) in [4.78, 5) is 0. The van der Waals surface area contributed by atoms with E-state index in [9.17, 15) is 4.39 Å². The van der Waals surface area contributed by atoms with Crippen molar-refractivity contribution in [1.29, 1.82) is 5.26 Å². The zero-order valence-corrected chi connectivity index (χ0v) is 13.0. The molecule has 0 aliphatic rings. The van der Waals surface area contributed by atoms with Crippen LogP contribution in [0.5, 0.6) is 0 Å². The van der Waals surface area contributed by atoms with Crippen LogP contribution in [0.3, 0.4) is 0 Å². The van der Waals surface area contributed by atoms with E-state index in [1.807, 2.05) is 25.1 Å². The van der Waals surface area contributed by atoms with Gasteiger partial charge in [-0.25, -0.2) is 4.39 Å². The Labute approximate surface area is 130 Å². The second kappa shape index (κ2) is 6.25. The third kappa shape index (κ3) is 3.12. The quantitative estimate of drug-likeness (QED) is 0.814. The fraction of sp³-hybridized carbons (Fsp3) is 0.133. The molecule has 1 N–H and O–H groups in total. The number of nitriles is 1. The largest absolute Gasteiger partial charge is 0.376 e. The van der Waals surface area contributed by atoms with Gasteiger partial charge in [-0.2, -0.15) is 5.26 Å². The molecule has 102 valence electrons. The summed E-state index contributed by atoms with van der Waals surface area (Å²) >= 11 is 8.93. The van der Waals surface area contributed by atoms with Gasteiger partial charge in [0.05, 0.1) is 15.7 Å². The highest BCUT2D eigenvalue weighted by Crippen LogP contribution is 2.29. The number of hydrogen-bond donors (Lipinski definition) is 1. The molecule has 0 amide bonds. The van der Waals surface area contributed by atoms with Gasteiger partial charge in [-0.15, -0.1) is 0 Å². The molecule has 2 nitrogen and oxygen atoms in total. The second-order valence-electron chi connectivity index (χ2n) is 4.32. The Morgan fingerprint density at radius 1 is 1.25 bits per heavy atom. The molecule has 20 heavy (non-hydrogen) atoms. The number of anilines is 1. The Bertz CT molecular complexity index is 665. The molecule has 1 unspecified atom stereocenters. The minimum atomic E-state index is -0.468. The van der Waals surface area contributed by atoms with Crippen molar-refractivity contribution in [3.8, 4) is 6.07 Å². The Kier molecular flexibility index (Phi) is 4.64. The minimum Gasteiger partial charge on any atom is -0.376 e. The van der Waals surface area contributed by atoms with Gasteiger partial charge in [0.2, 0.25) is 0 Å². The van der Waals surface area contributed by atoms with Crippen molar-refractivity contribution in [3.05, 3.63) is 62.8 Å². The van der Waals surface area contributed by atoms with Crippen molar-refractivity contribution < 1.29 is 4.39 Å². The average Bonchev–Trinajstić information content (AvgIpc) is 2.45. The van der Waals surface area contributed by atoms with E-state index in [1.54, 1.807) is 24.3 Å². The zero-order valence-electron chi connectivity index (χ0n) is 10.6. The van der Waals surface area contributed by atoms with Gasteiger partial charge in [0, 0.05) is 11.1 Å². The molecule has 2 aromatic rings. The van der Waals surface area contributed by atoms with Gasteiger partial charge in [-0.05, 0) is 52.7 Å². The van der Waals surface area contributed by atoms with Crippen molar-refractivity contribution in [2.45, 2.75) is 13.0 Å². The number of hydrogen-bond acceptors (Lipinski definition) is 2. The lowest BCUT2D eigenvalue weighted by molar-refractivity contribution is 0.620. The minimum absolute atomic E-state index is 0.0818. The molecule has 0 aromatic heterocycles. The molecule has 1 atom stereocenters. The molecule has 0 spiro atoms. The summed E-state index contributed by atoms with van der Waals surface area (Å²) in [6.07, 6.45) is 0. The Balaban J connectivity index is 2.24. The SMILES string of the molecule is CC(Nc1ccc(C#N)c(Br)c1F)c1ccc(Cl)cc1. The van der Waals surface area contributed by atoms with Crippen LogP contribution in [0.1, 0.15) is 24.1 Å². The lowest BCUT2D eigenvalue weighted by atomic mass is 10.1. The number of nitrogens with zero attached hydrogens (tertiary/aromatic N) is 1. The monoisotopic (exact) mass is 352 g/mol. The molecular weight excluding hydrogens is 343 g/mol. The molecule has 2 aromatic carbocycles. The molecule has 0 radical (unpaired) electrons. The molecule has 0 aliphatic carbocycles. The van der Waals surface area contributed by atoms with Crippen LogP contribution in [0.2, 0.25) is 5.02 Å². The van der Waals surface area contributed by atoms with E-state index in [0.29, 0.717) is 10.7 Å². The van der Waals surface area contributed by atoms with E-state index in [4.69, 9.17) is 16.9 Å². The van der Waals surface area contributed by atoms with E-state index in [0.717, 1.165) is 5.56 Å². The van der Waals surface area contributed by atoms with Crippen LogP contribution in [0.4, 0.5) is 10.1 Å². The van der Waals surface area contributed by atoms with E-state index in [-0.39, 0.29) is 16.1 Å². The van der Waals surface area contributed by atoms with Gasteiger partial charge < -0.3 is 5.32 Å². The molecule has 0 aliphatic heterocycles. The standard InChI is InChI=1S/C15H11BrClFN2/c1-9(10-2-5-12(17)6-3-10)20-13-7-4-11(8-19)14(16)15(13)18/h2-7,9,20H,1H3. The summed E-state index contributed by atoms with van der Waals surface area (Å²) < 4.78 is 14.3. The fourth-order valence-corrected chi connectivity index (χ4v) is 2.38.